The molecule has 24 heavy (non-hydrogen) atoms. The Labute approximate surface area is 141 Å². The molecule has 5 nitrogen and oxygen atoms in total. The van der Waals surface area contributed by atoms with Gasteiger partial charge in [0.25, 0.3) is 5.91 Å². The molecule has 0 aliphatic carbocycles. The maximum Gasteiger partial charge on any atom is 0.338 e. The summed E-state index contributed by atoms with van der Waals surface area (Å²) in [6, 6.07) is 16.2. The number of aliphatic hydroxyl groups is 1. The highest BCUT2D eigenvalue weighted by Crippen LogP contribution is 2.07. The fraction of sp³-hybridized carbons (Fsp3) is 0.263. The quantitative estimate of drug-likeness (QED) is 0.764. The van der Waals surface area contributed by atoms with E-state index in [1.807, 2.05) is 30.3 Å². The third-order valence-corrected chi connectivity index (χ3v) is 3.58. The van der Waals surface area contributed by atoms with Gasteiger partial charge in [-0.25, -0.2) is 4.79 Å². The van der Waals surface area contributed by atoms with Gasteiger partial charge in [-0.1, -0.05) is 42.5 Å². The third kappa shape index (κ3) is 5.21. The topological polar surface area (TPSA) is 75.6 Å². The van der Waals surface area contributed by atoms with Crippen molar-refractivity contribution in [3.8, 4) is 0 Å². The average molecular weight is 327 g/mol. The molecule has 1 amide bonds. The molecule has 0 fully saturated rings. The predicted molar refractivity (Wildman–Crippen MR) is 90.4 cm³/mol. The van der Waals surface area contributed by atoms with E-state index in [4.69, 9.17) is 9.84 Å². The van der Waals surface area contributed by atoms with Crippen LogP contribution in [0.4, 0.5) is 0 Å². The third-order valence-electron chi connectivity index (χ3n) is 3.58. The van der Waals surface area contributed by atoms with Gasteiger partial charge in [0.1, 0.15) is 0 Å². The second-order valence-electron chi connectivity index (χ2n) is 5.43. The number of carbonyl (C=O) groups excluding carboxylic acids is 2. The van der Waals surface area contributed by atoms with E-state index < -0.39 is 12.1 Å². The number of esters is 1. The maximum atomic E-state index is 12.0. The molecule has 0 radical (unpaired) electrons. The minimum atomic E-state index is -0.870. The zero-order chi connectivity index (χ0) is 17.4. The minimum absolute atomic E-state index is 0.0877. The van der Waals surface area contributed by atoms with Crippen LogP contribution in [-0.2, 0) is 22.6 Å². The second-order valence-corrected chi connectivity index (χ2v) is 5.43. The van der Waals surface area contributed by atoms with Gasteiger partial charge in [-0.05, 0) is 36.6 Å². The van der Waals surface area contributed by atoms with Gasteiger partial charge in [-0.15, -0.1) is 0 Å². The van der Waals surface area contributed by atoms with Crippen molar-refractivity contribution < 1.29 is 19.4 Å². The molecule has 2 aromatic carbocycles. The summed E-state index contributed by atoms with van der Waals surface area (Å²) in [4.78, 5) is 24.0. The predicted octanol–water partition coefficient (Wildman–Crippen LogP) is 2.08. The summed E-state index contributed by atoms with van der Waals surface area (Å²) < 4.78 is 5.16. The number of ether oxygens (including phenoxy) is 1. The van der Waals surface area contributed by atoms with Gasteiger partial charge in [-0.3, -0.25) is 4.79 Å². The summed E-state index contributed by atoms with van der Waals surface area (Å²) in [5, 5.41) is 11.7. The lowest BCUT2D eigenvalue weighted by atomic mass is 10.1. The van der Waals surface area contributed by atoms with Crippen LogP contribution in [0.15, 0.2) is 54.6 Å². The zero-order valence-electron chi connectivity index (χ0n) is 13.6. The molecule has 0 aliphatic heterocycles. The number of rotatable bonds is 7. The van der Waals surface area contributed by atoms with Crippen molar-refractivity contribution in [2.75, 3.05) is 6.54 Å². The molecule has 0 saturated heterocycles. The van der Waals surface area contributed by atoms with Crippen LogP contribution in [0.1, 0.15) is 28.4 Å². The van der Waals surface area contributed by atoms with E-state index in [0.717, 1.165) is 12.0 Å². The van der Waals surface area contributed by atoms with Crippen molar-refractivity contribution in [1.29, 1.82) is 0 Å². The van der Waals surface area contributed by atoms with Crippen molar-refractivity contribution in [1.82, 2.24) is 5.32 Å². The number of nitrogens with one attached hydrogen (secondary N) is 1. The molecule has 2 N–H and O–H groups in total. The number of amides is 1. The molecule has 0 heterocycles. The lowest BCUT2D eigenvalue weighted by Crippen LogP contribution is -2.36. The Kier molecular flexibility index (Phi) is 6.51. The van der Waals surface area contributed by atoms with Gasteiger partial charge in [0.2, 0.25) is 0 Å². The van der Waals surface area contributed by atoms with Gasteiger partial charge in [-0.2, -0.15) is 0 Å². The lowest BCUT2D eigenvalue weighted by Gasteiger charge is -2.13. The summed E-state index contributed by atoms with van der Waals surface area (Å²) in [5.41, 5.74) is 2.18. The molecule has 5 heteroatoms. The minimum Gasteiger partial charge on any atom is -0.449 e. The number of hydrogen-bond acceptors (Lipinski definition) is 4. The Morgan fingerprint density at radius 1 is 1.04 bits per heavy atom. The average Bonchev–Trinajstić information content (AvgIpc) is 2.62. The van der Waals surface area contributed by atoms with Crippen LogP contribution in [-0.4, -0.2) is 29.6 Å². The van der Waals surface area contributed by atoms with Crippen molar-refractivity contribution in [3.63, 3.8) is 0 Å². The Balaban J connectivity index is 1.78. The van der Waals surface area contributed by atoms with Crippen molar-refractivity contribution >= 4 is 11.9 Å². The molecule has 0 bridgehead atoms. The first-order chi connectivity index (χ1) is 11.6. The van der Waals surface area contributed by atoms with E-state index in [2.05, 4.69) is 5.32 Å². The zero-order valence-corrected chi connectivity index (χ0v) is 13.6. The molecule has 0 aromatic heterocycles. The molecule has 2 rings (SSSR count). The molecule has 126 valence electrons. The van der Waals surface area contributed by atoms with E-state index in [1.54, 1.807) is 24.3 Å². The van der Waals surface area contributed by atoms with Crippen molar-refractivity contribution in [2.24, 2.45) is 0 Å². The highest BCUT2D eigenvalue weighted by atomic mass is 16.5. The summed E-state index contributed by atoms with van der Waals surface area (Å²) in [6.07, 6.45) is -0.152. The van der Waals surface area contributed by atoms with Crippen molar-refractivity contribution in [3.05, 3.63) is 71.3 Å². The Bertz CT molecular complexity index is 668. The van der Waals surface area contributed by atoms with Crippen LogP contribution in [0.2, 0.25) is 0 Å². The van der Waals surface area contributed by atoms with Crippen LogP contribution < -0.4 is 5.32 Å². The highest BCUT2D eigenvalue weighted by molar-refractivity contribution is 5.92. The molecule has 2 aromatic rings. The highest BCUT2D eigenvalue weighted by Gasteiger charge is 2.18. The van der Waals surface area contributed by atoms with Crippen molar-refractivity contribution in [2.45, 2.75) is 26.1 Å². The van der Waals surface area contributed by atoms with Crippen LogP contribution in [0.3, 0.4) is 0 Å². The molecule has 0 aliphatic rings. The molecule has 1 unspecified atom stereocenters. The lowest BCUT2D eigenvalue weighted by molar-refractivity contribution is -0.129. The van der Waals surface area contributed by atoms with E-state index >= 15 is 0 Å². The SMILES string of the molecule is CC(OC(=O)c1ccc(CO)cc1)C(=O)NCCc1ccccc1. The summed E-state index contributed by atoms with van der Waals surface area (Å²) >= 11 is 0. The van der Waals surface area contributed by atoms with E-state index in [9.17, 15) is 9.59 Å². The first-order valence-corrected chi connectivity index (χ1v) is 7.82. The van der Waals surface area contributed by atoms with E-state index in [-0.39, 0.29) is 12.5 Å². The number of carbonyl (C=O) groups is 2. The monoisotopic (exact) mass is 327 g/mol. The van der Waals surface area contributed by atoms with Gasteiger partial charge in [0.05, 0.1) is 12.2 Å². The Morgan fingerprint density at radius 2 is 1.71 bits per heavy atom. The van der Waals surface area contributed by atoms with E-state index in [0.29, 0.717) is 17.7 Å². The van der Waals surface area contributed by atoms with E-state index in [1.165, 1.54) is 6.92 Å². The normalized spacial score (nSPS) is 11.6. The van der Waals surface area contributed by atoms with Crippen LogP contribution in [0, 0.1) is 0 Å². The number of aliphatic hydroxyl groups excluding tert-OH is 1. The standard InChI is InChI=1S/C19H21NO4/c1-14(18(22)20-12-11-15-5-3-2-4-6-15)24-19(23)17-9-7-16(13-21)8-10-17/h2-10,14,21H,11-13H2,1H3,(H,20,22). The molecule has 0 saturated carbocycles. The molecular weight excluding hydrogens is 306 g/mol. The van der Waals surface area contributed by atoms with Gasteiger partial charge < -0.3 is 15.2 Å². The van der Waals surface area contributed by atoms with Gasteiger partial charge >= 0.3 is 5.97 Å². The van der Waals surface area contributed by atoms with Gasteiger partial charge in [0.15, 0.2) is 6.10 Å². The summed E-state index contributed by atoms with van der Waals surface area (Å²) in [7, 11) is 0. The van der Waals surface area contributed by atoms with Crippen LogP contribution >= 0.6 is 0 Å². The number of hydrogen-bond donors (Lipinski definition) is 2. The molecule has 0 spiro atoms. The maximum absolute atomic E-state index is 12.0. The summed E-state index contributed by atoms with van der Waals surface area (Å²) in [5.74, 6) is -0.892. The number of benzene rings is 2. The Morgan fingerprint density at radius 3 is 2.33 bits per heavy atom. The second kappa shape index (κ2) is 8.84. The molecular formula is C19H21NO4. The van der Waals surface area contributed by atoms with Gasteiger partial charge in [0, 0.05) is 6.54 Å². The first kappa shape index (κ1) is 17.7. The summed E-state index contributed by atoms with van der Waals surface area (Å²) in [6.45, 7) is 1.93. The largest absolute Gasteiger partial charge is 0.449 e. The Hall–Kier alpha value is -2.66. The van der Waals surface area contributed by atoms with Crippen LogP contribution in [0.25, 0.3) is 0 Å². The molecule has 1 atom stereocenters. The van der Waals surface area contributed by atoms with Crippen LogP contribution in [0.5, 0.6) is 0 Å². The fourth-order valence-corrected chi connectivity index (χ4v) is 2.15. The smallest absolute Gasteiger partial charge is 0.338 e. The first-order valence-electron chi connectivity index (χ1n) is 7.82. The fourth-order valence-electron chi connectivity index (χ4n) is 2.15.